The van der Waals surface area contributed by atoms with Gasteiger partial charge in [-0.25, -0.2) is 0 Å². The number of carbonyl (C=O) groups is 1. The number of carbonyl (C=O) groups excluding carboxylic acids is 1. The molecular weight excluding hydrogens is 334 g/mol. The first-order valence-corrected chi connectivity index (χ1v) is 9.74. The fourth-order valence-electron chi connectivity index (χ4n) is 3.56. The second kappa shape index (κ2) is 9.38. The van der Waals surface area contributed by atoms with Gasteiger partial charge in [0.1, 0.15) is 0 Å². The largest absolute Gasteiger partial charge is 0.388 e. The number of nitrogens with one attached hydrogen (secondary N) is 1. The summed E-state index contributed by atoms with van der Waals surface area (Å²) in [4.78, 5) is 17.8. The maximum atomic E-state index is 13.4. The van der Waals surface area contributed by atoms with E-state index in [0.29, 0.717) is 0 Å². The Morgan fingerprint density at radius 2 is 1.74 bits per heavy atom. The topological polar surface area (TPSA) is 35.6 Å². The highest BCUT2D eigenvalue weighted by molar-refractivity contribution is 5.94. The molecule has 142 valence electrons. The standard InChI is InChI=1S/C23H29N3O/c1-3-15-26(23(27)20-11-13-21(24-2)14-12-20)22(18-25-16-7-8-17-25)19-9-5-4-6-10-19/h4-14,22,24H,3,15-18H2,1-2H3/t22-/m1/s1. The van der Waals surface area contributed by atoms with Crippen LogP contribution in [0.5, 0.6) is 0 Å². The summed E-state index contributed by atoms with van der Waals surface area (Å²) < 4.78 is 0. The normalized spacial score (nSPS) is 14.9. The summed E-state index contributed by atoms with van der Waals surface area (Å²) in [5.74, 6) is 0.0977. The van der Waals surface area contributed by atoms with Crippen LogP contribution in [0.3, 0.4) is 0 Å². The number of hydrogen-bond acceptors (Lipinski definition) is 3. The van der Waals surface area contributed by atoms with Crippen LogP contribution in [0.1, 0.15) is 35.3 Å². The Labute approximate surface area is 162 Å². The van der Waals surface area contributed by atoms with Gasteiger partial charge < -0.3 is 10.2 Å². The Balaban J connectivity index is 1.89. The molecule has 0 fully saturated rings. The second-order valence-electron chi connectivity index (χ2n) is 6.94. The third-order valence-electron chi connectivity index (χ3n) is 5.03. The van der Waals surface area contributed by atoms with Crippen LogP contribution in [0.4, 0.5) is 5.69 Å². The van der Waals surface area contributed by atoms with Crippen LogP contribution < -0.4 is 5.32 Å². The highest BCUT2D eigenvalue weighted by atomic mass is 16.2. The Hall–Kier alpha value is -2.59. The van der Waals surface area contributed by atoms with Crippen LogP contribution in [-0.2, 0) is 0 Å². The van der Waals surface area contributed by atoms with E-state index in [4.69, 9.17) is 0 Å². The van der Waals surface area contributed by atoms with Crippen LogP contribution in [0.2, 0.25) is 0 Å². The summed E-state index contributed by atoms with van der Waals surface area (Å²) in [6.45, 7) is 5.62. The Morgan fingerprint density at radius 3 is 2.33 bits per heavy atom. The van der Waals surface area contributed by atoms with Crippen LogP contribution in [0.25, 0.3) is 0 Å². The molecular formula is C23H29N3O. The molecule has 1 aliphatic rings. The zero-order valence-electron chi connectivity index (χ0n) is 16.3. The first-order chi connectivity index (χ1) is 13.2. The van der Waals surface area contributed by atoms with E-state index in [-0.39, 0.29) is 11.9 Å². The van der Waals surface area contributed by atoms with Gasteiger partial charge in [0.05, 0.1) is 6.04 Å². The third kappa shape index (κ3) is 4.77. The molecule has 1 N–H and O–H groups in total. The SMILES string of the molecule is CCCN(C(=O)c1ccc(NC)cc1)[C@H](CN1CC=CC1)c1ccccc1. The van der Waals surface area contributed by atoms with Crippen molar-refractivity contribution in [2.24, 2.45) is 0 Å². The summed E-state index contributed by atoms with van der Waals surface area (Å²) in [5, 5.41) is 3.11. The highest BCUT2D eigenvalue weighted by Crippen LogP contribution is 2.25. The lowest BCUT2D eigenvalue weighted by molar-refractivity contribution is 0.0637. The van der Waals surface area contributed by atoms with Gasteiger partial charge in [-0.3, -0.25) is 9.69 Å². The minimum absolute atomic E-state index is 0.0440. The monoisotopic (exact) mass is 363 g/mol. The molecule has 3 rings (SSSR count). The van der Waals surface area contributed by atoms with Crippen LogP contribution in [0.15, 0.2) is 66.7 Å². The quantitative estimate of drug-likeness (QED) is 0.714. The predicted octanol–water partition coefficient (Wildman–Crippen LogP) is 4.19. The van der Waals surface area contributed by atoms with E-state index in [1.165, 1.54) is 5.56 Å². The molecule has 1 aliphatic heterocycles. The summed E-state index contributed by atoms with van der Waals surface area (Å²) in [5.41, 5.74) is 2.94. The summed E-state index contributed by atoms with van der Waals surface area (Å²) >= 11 is 0. The van der Waals surface area contributed by atoms with Crippen LogP contribution in [0, 0.1) is 0 Å². The van der Waals surface area contributed by atoms with Gasteiger partial charge in [-0.05, 0) is 36.2 Å². The first kappa shape index (κ1) is 19.2. The highest BCUT2D eigenvalue weighted by Gasteiger charge is 2.27. The Bertz CT molecular complexity index is 747. The summed E-state index contributed by atoms with van der Waals surface area (Å²) in [6, 6.07) is 18.2. The predicted molar refractivity (Wildman–Crippen MR) is 112 cm³/mol. The fraction of sp³-hybridized carbons (Fsp3) is 0.348. The molecule has 0 radical (unpaired) electrons. The molecule has 0 saturated heterocycles. The van der Waals surface area contributed by atoms with E-state index in [1.807, 2.05) is 42.3 Å². The molecule has 1 amide bonds. The molecule has 0 spiro atoms. The lowest BCUT2D eigenvalue weighted by atomic mass is 10.0. The van der Waals surface area contributed by atoms with Crippen molar-refractivity contribution in [1.82, 2.24) is 9.80 Å². The molecule has 4 heteroatoms. The maximum Gasteiger partial charge on any atom is 0.254 e. The fourth-order valence-corrected chi connectivity index (χ4v) is 3.56. The van der Waals surface area contributed by atoms with E-state index in [2.05, 4.69) is 53.6 Å². The van der Waals surface area contributed by atoms with Crippen LogP contribution in [-0.4, -0.2) is 48.9 Å². The zero-order valence-corrected chi connectivity index (χ0v) is 16.3. The van der Waals surface area contributed by atoms with Gasteiger partial charge in [-0.1, -0.05) is 49.4 Å². The van der Waals surface area contributed by atoms with Gasteiger partial charge >= 0.3 is 0 Å². The molecule has 0 saturated carbocycles. The zero-order chi connectivity index (χ0) is 19.1. The lowest BCUT2D eigenvalue weighted by Crippen LogP contribution is -2.41. The number of anilines is 1. The van der Waals surface area contributed by atoms with Gasteiger partial charge in [0, 0.05) is 44.5 Å². The van der Waals surface area contributed by atoms with E-state index >= 15 is 0 Å². The molecule has 0 aliphatic carbocycles. The molecule has 4 nitrogen and oxygen atoms in total. The van der Waals surface area contributed by atoms with Crippen molar-refractivity contribution in [3.8, 4) is 0 Å². The van der Waals surface area contributed by atoms with Crippen molar-refractivity contribution < 1.29 is 4.79 Å². The number of hydrogen-bond donors (Lipinski definition) is 1. The van der Waals surface area contributed by atoms with Gasteiger partial charge in [-0.15, -0.1) is 0 Å². The van der Waals surface area contributed by atoms with Gasteiger partial charge in [0.15, 0.2) is 0 Å². The molecule has 1 atom stereocenters. The number of amides is 1. The van der Waals surface area contributed by atoms with E-state index in [9.17, 15) is 4.79 Å². The van der Waals surface area contributed by atoms with Gasteiger partial charge in [-0.2, -0.15) is 0 Å². The van der Waals surface area contributed by atoms with Gasteiger partial charge in [0.2, 0.25) is 0 Å². The number of rotatable bonds is 8. The summed E-state index contributed by atoms with van der Waals surface area (Å²) in [6.07, 6.45) is 5.33. The average molecular weight is 364 g/mol. The Morgan fingerprint density at radius 1 is 1.07 bits per heavy atom. The third-order valence-corrected chi connectivity index (χ3v) is 5.03. The number of benzene rings is 2. The lowest BCUT2D eigenvalue weighted by Gasteiger charge is -2.35. The average Bonchev–Trinajstić information content (AvgIpc) is 3.24. The molecule has 27 heavy (non-hydrogen) atoms. The van der Waals surface area contributed by atoms with Crippen molar-refractivity contribution in [2.75, 3.05) is 38.5 Å². The smallest absolute Gasteiger partial charge is 0.254 e. The van der Waals surface area contributed by atoms with E-state index in [0.717, 1.165) is 43.9 Å². The number of nitrogens with zero attached hydrogens (tertiary/aromatic N) is 2. The van der Waals surface area contributed by atoms with Crippen molar-refractivity contribution >= 4 is 11.6 Å². The molecule has 0 unspecified atom stereocenters. The summed E-state index contributed by atoms with van der Waals surface area (Å²) in [7, 11) is 1.88. The van der Waals surface area contributed by atoms with Crippen molar-refractivity contribution in [1.29, 1.82) is 0 Å². The van der Waals surface area contributed by atoms with Crippen molar-refractivity contribution in [3.05, 3.63) is 77.9 Å². The van der Waals surface area contributed by atoms with E-state index in [1.54, 1.807) is 0 Å². The molecule has 2 aromatic carbocycles. The molecule has 2 aromatic rings. The minimum Gasteiger partial charge on any atom is -0.388 e. The van der Waals surface area contributed by atoms with E-state index < -0.39 is 0 Å². The first-order valence-electron chi connectivity index (χ1n) is 9.74. The Kier molecular flexibility index (Phi) is 6.66. The van der Waals surface area contributed by atoms with Crippen LogP contribution >= 0.6 is 0 Å². The second-order valence-corrected chi connectivity index (χ2v) is 6.94. The molecule has 0 aromatic heterocycles. The molecule has 0 bridgehead atoms. The van der Waals surface area contributed by atoms with Crippen molar-refractivity contribution in [2.45, 2.75) is 19.4 Å². The van der Waals surface area contributed by atoms with Crippen molar-refractivity contribution in [3.63, 3.8) is 0 Å². The molecule has 1 heterocycles. The van der Waals surface area contributed by atoms with Gasteiger partial charge in [0.25, 0.3) is 5.91 Å². The maximum absolute atomic E-state index is 13.4. The minimum atomic E-state index is 0.0440.